The number of alkyl carbamates (subject to hydrolysis) is 1. The molecule has 0 bridgehead atoms. The lowest BCUT2D eigenvalue weighted by Gasteiger charge is -2.42. The number of carbonyl (C=O) groups excluding carboxylic acids is 2. The molecule has 0 aliphatic carbocycles. The number of nitrogens with zero attached hydrogens (tertiary/aromatic N) is 1. The van der Waals surface area contributed by atoms with Crippen molar-refractivity contribution in [3.8, 4) is 0 Å². The number of aryl methyl sites for hydroxylation is 1. The molecule has 2 aromatic carbocycles. The SMILES string of the molecule is CC(C)(C)OC(=O)N1CCCC(NC(=O)OC(C)(C)CCc2cc(Br)cc3ccoc23)C1c1ccccc1. The molecular weight excluding hydrogens is 548 g/mol. The van der Waals surface area contributed by atoms with Crippen molar-refractivity contribution in [1.82, 2.24) is 10.2 Å². The minimum Gasteiger partial charge on any atom is -0.464 e. The quantitative estimate of drug-likeness (QED) is 0.320. The van der Waals surface area contributed by atoms with Crippen LogP contribution < -0.4 is 5.32 Å². The van der Waals surface area contributed by atoms with Crippen LogP contribution in [0.4, 0.5) is 9.59 Å². The number of nitrogens with one attached hydrogen (secondary N) is 1. The molecule has 4 rings (SSSR count). The number of benzene rings is 2. The van der Waals surface area contributed by atoms with E-state index >= 15 is 0 Å². The number of hydrogen-bond acceptors (Lipinski definition) is 5. The van der Waals surface area contributed by atoms with Gasteiger partial charge in [0.05, 0.1) is 18.3 Å². The lowest BCUT2D eigenvalue weighted by molar-refractivity contribution is -0.000883. The van der Waals surface area contributed by atoms with Crippen molar-refractivity contribution in [2.45, 2.75) is 83.6 Å². The molecule has 0 radical (unpaired) electrons. The van der Waals surface area contributed by atoms with Gasteiger partial charge in [0, 0.05) is 16.4 Å². The number of ether oxygens (including phenoxy) is 2. The lowest BCUT2D eigenvalue weighted by atomic mass is 9.90. The molecule has 2 amide bonds. The molecular formula is C30H37BrN2O5. The van der Waals surface area contributed by atoms with E-state index in [0.29, 0.717) is 19.4 Å². The van der Waals surface area contributed by atoms with Gasteiger partial charge >= 0.3 is 12.2 Å². The molecule has 2 heterocycles. The molecule has 3 aromatic rings. The summed E-state index contributed by atoms with van der Waals surface area (Å²) < 4.78 is 18.3. The Labute approximate surface area is 233 Å². The van der Waals surface area contributed by atoms with Gasteiger partial charge in [-0.2, -0.15) is 0 Å². The van der Waals surface area contributed by atoms with E-state index in [9.17, 15) is 9.59 Å². The van der Waals surface area contributed by atoms with Crippen LogP contribution in [0.2, 0.25) is 0 Å². The summed E-state index contributed by atoms with van der Waals surface area (Å²) in [5, 5.41) is 4.10. The first-order valence-electron chi connectivity index (χ1n) is 13.1. The van der Waals surface area contributed by atoms with Crippen LogP contribution in [0.1, 0.15) is 71.0 Å². The average molecular weight is 586 g/mol. The highest BCUT2D eigenvalue weighted by atomic mass is 79.9. The highest BCUT2D eigenvalue weighted by molar-refractivity contribution is 9.10. The van der Waals surface area contributed by atoms with E-state index in [4.69, 9.17) is 13.9 Å². The number of rotatable bonds is 6. The fourth-order valence-corrected chi connectivity index (χ4v) is 5.48. The molecule has 1 aliphatic heterocycles. The van der Waals surface area contributed by atoms with Gasteiger partial charge in [0.25, 0.3) is 0 Å². The third kappa shape index (κ3) is 7.10. The topological polar surface area (TPSA) is 81.0 Å². The minimum absolute atomic E-state index is 0.310. The predicted molar refractivity (Wildman–Crippen MR) is 151 cm³/mol. The van der Waals surface area contributed by atoms with Crippen LogP contribution in [0.15, 0.2) is 63.7 Å². The maximum absolute atomic E-state index is 13.2. The Morgan fingerprint density at radius 3 is 2.53 bits per heavy atom. The van der Waals surface area contributed by atoms with Gasteiger partial charge in [-0.3, -0.25) is 4.90 Å². The monoisotopic (exact) mass is 584 g/mol. The van der Waals surface area contributed by atoms with Crippen molar-refractivity contribution in [2.24, 2.45) is 0 Å². The summed E-state index contributed by atoms with van der Waals surface area (Å²) in [4.78, 5) is 28.0. The zero-order valence-corrected chi connectivity index (χ0v) is 24.3. The number of hydrogen-bond donors (Lipinski definition) is 1. The van der Waals surface area contributed by atoms with Crippen LogP contribution >= 0.6 is 15.9 Å². The van der Waals surface area contributed by atoms with Crippen molar-refractivity contribution < 1.29 is 23.5 Å². The Morgan fingerprint density at radius 2 is 1.82 bits per heavy atom. The Hall–Kier alpha value is -3.00. The fourth-order valence-electron chi connectivity index (χ4n) is 4.95. The molecule has 1 N–H and O–H groups in total. The molecule has 2 unspecified atom stereocenters. The molecule has 2 atom stereocenters. The van der Waals surface area contributed by atoms with Crippen LogP contribution in [0.5, 0.6) is 0 Å². The van der Waals surface area contributed by atoms with E-state index < -0.39 is 17.3 Å². The molecule has 38 heavy (non-hydrogen) atoms. The summed E-state index contributed by atoms with van der Waals surface area (Å²) >= 11 is 3.57. The standard InChI is InChI=1S/C30H37BrN2O5/c1-29(2,3)38-28(35)33-16-9-12-24(25(33)20-10-7-6-8-11-20)32-27(34)37-30(4,5)15-13-21-18-23(31)19-22-14-17-36-26(21)22/h6-8,10-11,14,17-19,24-25H,9,12-13,15-16H2,1-5H3,(H,32,34). The summed E-state index contributed by atoms with van der Waals surface area (Å²) in [7, 11) is 0. The largest absolute Gasteiger partial charge is 0.464 e. The van der Waals surface area contributed by atoms with Crippen molar-refractivity contribution in [3.63, 3.8) is 0 Å². The molecule has 7 nitrogen and oxygen atoms in total. The number of piperidine rings is 1. The van der Waals surface area contributed by atoms with Crippen LogP contribution in [0.25, 0.3) is 11.0 Å². The maximum atomic E-state index is 13.2. The van der Waals surface area contributed by atoms with E-state index in [1.54, 1.807) is 11.2 Å². The van der Waals surface area contributed by atoms with Crippen molar-refractivity contribution >= 4 is 39.1 Å². The molecule has 1 aromatic heterocycles. The zero-order chi connectivity index (χ0) is 27.5. The Kier molecular flexibility index (Phi) is 8.40. The zero-order valence-electron chi connectivity index (χ0n) is 22.8. The van der Waals surface area contributed by atoms with Gasteiger partial charge in [-0.05, 0) is 89.6 Å². The number of halogens is 1. The van der Waals surface area contributed by atoms with Crippen LogP contribution in [0, 0.1) is 0 Å². The van der Waals surface area contributed by atoms with Crippen molar-refractivity contribution in [3.05, 3.63) is 70.4 Å². The molecule has 1 fully saturated rings. The predicted octanol–water partition coefficient (Wildman–Crippen LogP) is 7.77. The number of likely N-dealkylation sites (tertiary alicyclic amines) is 1. The van der Waals surface area contributed by atoms with E-state index in [1.807, 2.05) is 83.1 Å². The van der Waals surface area contributed by atoms with Gasteiger partial charge < -0.3 is 19.2 Å². The lowest BCUT2D eigenvalue weighted by Crippen LogP contribution is -2.53. The first-order valence-corrected chi connectivity index (χ1v) is 13.9. The summed E-state index contributed by atoms with van der Waals surface area (Å²) in [6.45, 7) is 9.94. The number of fused-ring (bicyclic) bond motifs is 1. The van der Waals surface area contributed by atoms with E-state index in [2.05, 4.69) is 21.2 Å². The summed E-state index contributed by atoms with van der Waals surface area (Å²) in [6, 6.07) is 15.1. The highest BCUT2D eigenvalue weighted by Crippen LogP contribution is 2.33. The smallest absolute Gasteiger partial charge is 0.410 e. The first-order chi connectivity index (χ1) is 17.9. The van der Waals surface area contributed by atoms with Gasteiger partial charge in [0.2, 0.25) is 0 Å². The number of carbonyl (C=O) groups is 2. The van der Waals surface area contributed by atoms with Gasteiger partial charge in [-0.1, -0.05) is 46.3 Å². The van der Waals surface area contributed by atoms with Gasteiger partial charge in [-0.25, -0.2) is 9.59 Å². The van der Waals surface area contributed by atoms with Crippen LogP contribution in [0.3, 0.4) is 0 Å². The van der Waals surface area contributed by atoms with E-state index in [0.717, 1.165) is 39.4 Å². The second-order valence-electron chi connectivity index (χ2n) is 11.5. The van der Waals surface area contributed by atoms with Crippen LogP contribution in [-0.4, -0.2) is 40.9 Å². The second kappa shape index (κ2) is 11.4. The highest BCUT2D eigenvalue weighted by Gasteiger charge is 2.39. The van der Waals surface area contributed by atoms with Gasteiger partial charge in [0.15, 0.2) is 0 Å². The molecule has 0 saturated carbocycles. The first kappa shape index (κ1) is 28.0. The normalized spacial score (nSPS) is 18.3. The van der Waals surface area contributed by atoms with Gasteiger partial charge in [-0.15, -0.1) is 0 Å². The number of amides is 2. The Morgan fingerprint density at radius 1 is 1.08 bits per heavy atom. The van der Waals surface area contributed by atoms with Gasteiger partial charge in [0.1, 0.15) is 16.8 Å². The maximum Gasteiger partial charge on any atom is 0.410 e. The minimum atomic E-state index is -0.715. The third-order valence-corrected chi connectivity index (χ3v) is 7.12. The van der Waals surface area contributed by atoms with Crippen LogP contribution in [-0.2, 0) is 15.9 Å². The molecule has 8 heteroatoms. The molecule has 1 aliphatic rings. The third-order valence-electron chi connectivity index (χ3n) is 6.66. The summed E-state index contributed by atoms with van der Waals surface area (Å²) in [6.07, 6.45) is 3.58. The molecule has 0 spiro atoms. The molecule has 204 valence electrons. The number of furan rings is 1. The Balaban J connectivity index is 1.45. The van der Waals surface area contributed by atoms with Crippen molar-refractivity contribution in [2.75, 3.05) is 6.54 Å². The fraction of sp³-hybridized carbons (Fsp3) is 0.467. The molecule has 1 saturated heterocycles. The van der Waals surface area contributed by atoms with Crippen molar-refractivity contribution in [1.29, 1.82) is 0 Å². The summed E-state index contributed by atoms with van der Waals surface area (Å²) in [5.41, 5.74) is 1.52. The van der Waals surface area contributed by atoms with E-state index in [1.165, 1.54) is 0 Å². The summed E-state index contributed by atoms with van der Waals surface area (Å²) in [5.74, 6) is 0. The second-order valence-corrected chi connectivity index (χ2v) is 12.4. The van der Waals surface area contributed by atoms with E-state index in [-0.39, 0.29) is 18.2 Å². The average Bonchev–Trinajstić information content (AvgIpc) is 3.30. The Bertz CT molecular complexity index is 1260.